The lowest BCUT2D eigenvalue weighted by Gasteiger charge is -2.40. The second-order valence-electron chi connectivity index (χ2n) is 6.73. The fourth-order valence-corrected chi connectivity index (χ4v) is 3.88. The molecule has 1 atom stereocenters. The second kappa shape index (κ2) is 5.36. The first-order valence-electron chi connectivity index (χ1n) is 8.71. The Morgan fingerprint density at radius 3 is 2.46 bits per heavy atom. The van der Waals surface area contributed by atoms with Crippen molar-refractivity contribution < 1.29 is 4.74 Å². The molecule has 0 aliphatic carbocycles. The lowest BCUT2D eigenvalue weighted by molar-refractivity contribution is 0.413. The number of fused-ring (bicyclic) bond motifs is 5. The Morgan fingerprint density at radius 2 is 1.65 bits per heavy atom. The van der Waals surface area contributed by atoms with Crippen LogP contribution in [0.2, 0.25) is 0 Å². The van der Waals surface area contributed by atoms with Crippen molar-refractivity contribution >= 4 is 16.7 Å². The van der Waals surface area contributed by atoms with Gasteiger partial charge in [0, 0.05) is 11.3 Å². The van der Waals surface area contributed by atoms with Gasteiger partial charge in [0.25, 0.3) is 0 Å². The highest BCUT2D eigenvalue weighted by molar-refractivity contribution is 5.87. The van der Waals surface area contributed by atoms with Crippen LogP contribution in [-0.2, 0) is 5.66 Å². The molecule has 4 heteroatoms. The van der Waals surface area contributed by atoms with Gasteiger partial charge in [0.05, 0.1) is 18.1 Å². The highest BCUT2D eigenvalue weighted by Crippen LogP contribution is 2.43. The minimum absolute atomic E-state index is 0.452. The molecule has 0 amide bonds. The molecule has 1 aromatic heterocycles. The third-order valence-electron chi connectivity index (χ3n) is 5.21. The van der Waals surface area contributed by atoms with Crippen molar-refractivity contribution in [2.45, 2.75) is 12.6 Å². The molecule has 3 aromatic carbocycles. The molecular formula is C22H19N3O. The number of ether oxygens (including phenoxy) is 1. The Morgan fingerprint density at radius 1 is 0.923 bits per heavy atom. The summed E-state index contributed by atoms with van der Waals surface area (Å²) >= 11 is 0. The fourth-order valence-electron chi connectivity index (χ4n) is 3.88. The molecule has 0 spiro atoms. The Kier molecular flexibility index (Phi) is 3.10. The summed E-state index contributed by atoms with van der Waals surface area (Å²) in [5.41, 5.74) is 5.02. The van der Waals surface area contributed by atoms with Crippen molar-refractivity contribution in [2.75, 3.05) is 12.4 Å². The quantitative estimate of drug-likeness (QED) is 0.566. The van der Waals surface area contributed by atoms with Crippen molar-refractivity contribution in [2.24, 2.45) is 0 Å². The molecular weight excluding hydrogens is 322 g/mol. The van der Waals surface area contributed by atoms with Gasteiger partial charge in [0.2, 0.25) is 0 Å². The van der Waals surface area contributed by atoms with E-state index in [1.54, 1.807) is 7.11 Å². The number of aromatic nitrogens is 2. The smallest absolute Gasteiger partial charge is 0.145 e. The Bertz CT molecular complexity index is 1110. The van der Waals surface area contributed by atoms with E-state index >= 15 is 0 Å². The van der Waals surface area contributed by atoms with Gasteiger partial charge in [-0.2, -0.15) is 0 Å². The highest BCUT2D eigenvalue weighted by Gasteiger charge is 2.37. The topological polar surface area (TPSA) is 39.1 Å². The van der Waals surface area contributed by atoms with Gasteiger partial charge >= 0.3 is 0 Å². The Labute approximate surface area is 152 Å². The molecule has 2 heterocycles. The third-order valence-corrected chi connectivity index (χ3v) is 5.21. The first-order valence-corrected chi connectivity index (χ1v) is 8.71. The zero-order chi connectivity index (χ0) is 17.7. The normalized spacial score (nSPS) is 18.1. The van der Waals surface area contributed by atoms with Gasteiger partial charge in [-0.15, -0.1) is 0 Å². The zero-order valence-electron chi connectivity index (χ0n) is 14.7. The fraction of sp³-hybridized carbons (Fsp3) is 0.136. The summed E-state index contributed by atoms with van der Waals surface area (Å²) in [4.78, 5) is 4.95. The minimum atomic E-state index is -0.452. The second-order valence-corrected chi connectivity index (χ2v) is 6.73. The molecule has 0 radical (unpaired) electrons. The van der Waals surface area contributed by atoms with E-state index in [1.165, 1.54) is 0 Å². The average molecular weight is 341 g/mol. The molecule has 4 nitrogen and oxygen atoms in total. The highest BCUT2D eigenvalue weighted by atomic mass is 16.5. The number of para-hydroxylation sites is 3. The first-order chi connectivity index (χ1) is 12.7. The molecule has 0 bridgehead atoms. The van der Waals surface area contributed by atoms with Crippen molar-refractivity contribution in [1.29, 1.82) is 0 Å². The number of hydrogen-bond donors (Lipinski definition) is 1. The lowest BCUT2D eigenvalue weighted by Crippen LogP contribution is -2.42. The largest absolute Gasteiger partial charge is 0.497 e. The molecule has 0 unspecified atom stereocenters. The molecule has 1 aliphatic rings. The van der Waals surface area contributed by atoms with Gasteiger partial charge in [-0.3, -0.25) is 4.57 Å². The molecule has 5 rings (SSSR count). The number of benzene rings is 3. The predicted molar refractivity (Wildman–Crippen MR) is 105 cm³/mol. The first kappa shape index (κ1) is 15.0. The van der Waals surface area contributed by atoms with Crippen LogP contribution in [0.15, 0.2) is 72.8 Å². The molecule has 0 saturated heterocycles. The van der Waals surface area contributed by atoms with Gasteiger partial charge < -0.3 is 10.1 Å². The average Bonchev–Trinajstić information content (AvgIpc) is 3.09. The standard InChI is InChI=1S/C22H19N3O/c1-22(15-11-13-16(26-2)14-12-15)24-18-8-4-3-7-17(18)21-23-19-9-5-6-10-20(19)25(21)22/h3-14,24H,1-2H3/t22-/m0/s1. The number of hydrogen-bond acceptors (Lipinski definition) is 3. The molecule has 0 fully saturated rings. The van der Waals surface area contributed by atoms with Crippen LogP contribution in [0.4, 0.5) is 5.69 Å². The van der Waals surface area contributed by atoms with Crippen LogP contribution in [-0.4, -0.2) is 16.7 Å². The Balaban J connectivity index is 1.83. The summed E-state index contributed by atoms with van der Waals surface area (Å²) < 4.78 is 7.63. The van der Waals surface area contributed by atoms with E-state index in [0.717, 1.165) is 39.4 Å². The van der Waals surface area contributed by atoms with E-state index in [2.05, 4.69) is 71.4 Å². The van der Waals surface area contributed by atoms with Crippen molar-refractivity contribution in [3.8, 4) is 17.1 Å². The Hall–Kier alpha value is -3.27. The van der Waals surface area contributed by atoms with Gasteiger partial charge in [-0.05, 0) is 48.9 Å². The van der Waals surface area contributed by atoms with Crippen LogP contribution in [0.3, 0.4) is 0 Å². The molecule has 4 aromatic rings. The summed E-state index contributed by atoms with van der Waals surface area (Å²) in [6.07, 6.45) is 0. The molecule has 0 saturated carbocycles. The van der Waals surface area contributed by atoms with E-state index in [4.69, 9.17) is 9.72 Å². The number of imidazole rings is 1. The molecule has 128 valence electrons. The van der Waals surface area contributed by atoms with Crippen molar-refractivity contribution in [3.63, 3.8) is 0 Å². The van der Waals surface area contributed by atoms with Crippen LogP contribution in [0, 0.1) is 0 Å². The number of nitrogens with zero attached hydrogens (tertiary/aromatic N) is 2. The monoisotopic (exact) mass is 341 g/mol. The van der Waals surface area contributed by atoms with E-state index in [1.807, 2.05) is 18.2 Å². The maximum atomic E-state index is 5.33. The number of nitrogens with one attached hydrogen (secondary N) is 1. The SMILES string of the molecule is COc1ccc([C@@]2(C)Nc3ccccc3-c3nc4ccccc4n32)cc1. The maximum Gasteiger partial charge on any atom is 0.145 e. The van der Waals surface area contributed by atoms with Crippen molar-refractivity contribution in [3.05, 3.63) is 78.4 Å². The van der Waals surface area contributed by atoms with E-state index < -0.39 is 5.66 Å². The van der Waals surface area contributed by atoms with Gasteiger partial charge in [-0.25, -0.2) is 4.98 Å². The van der Waals surface area contributed by atoms with E-state index in [9.17, 15) is 0 Å². The molecule has 1 aliphatic heterocycles. The zero-order valence-corrected chi connectivity index (χ0v) is 14.7. The minimum Gasteiger partial charge on any atom is -0.497 e. The van der Waals surface area contributed by atoms with Crippen LogP contribution in [0.25, 0.3) is 22.4 Å². The summed E-state index contributed by atoms with van der Waals surface area (Å²) in [7, 11) is 1.69. The summed E-state index contributed by atoms with van der Waals surface area (Å²) in [6.45, 7) is 2.20. The van der Waals surface area contributed by atoms with Crippen LogP contribution in [0.5, 0.6) is 5.75 Å². The number of rotatable bonds is 2. The van der Waals surface area contributed by atoms with Crippen LogP contribution in [0.1, 0.15) is 12.5 Å². The van der Waals surface area contributed by atoms with Crippen LogP contribution >= 0.6 is 0 Å². The number of methoxy groups -OCH3 is 1. The lowest BCUT2D eigenvalue weighted by atomic mass is 9.95. The maximum absolute atomic E-state index is 5.33. The van der Waals surface area contributed by atoms with Crippen LogP contribution < -0.4 is 10.1 Å². The van der Waals surface area contributed by atoms with E-state index in [0.29, 0.717) is 0 Å². The predicted octanol–water partition coefficient (Wildman–Crippen LogP) is 4.86. The van der Waals surface area contributed by atoms with Gasteiger partial charge in [-0.1, -0.05) is 36.4 Å². The molecule has 1 N–H and O–H groups in total. The summed E-state index contributed by atoms with van der Waals surface area (Å²) in [6, 6.07) is 24.9. The van der Waals surface area contributed by atoms with Gasteiger partial charge in [0.15, 0.2) is 0 Å². The van der Waals surface area contributed by atoms with E-state index in [-0.39, 0.29) is 0 Å². The third kappa shape index (κ3) is 1.99. The van der Waals surface area contributed by atoms with Crippen molar-refractivity contribution in [1.82, 2.24) is 9.55 Å². The summed E-state index contributed by atoms with van der Waals surface area (Å²) in [5.74, 6) is 1.84. The summed E-state index contributed by atoms with van der Waals surface area (Å²) in [5, 5.41) is 3.74. The molecule has 26 heavy (non-hydrogen) atoms. The number of anilines is 1. The van der Waals surface area contributed by atoms with Gasteiger partial charge in [0.1, 0.15) is 17.2 Å².